The normalized spacial score (nSPS) is 18.9. The molecular weight excluding hydrogens is 580 g/mol. The number of aryl methyl sites for hydroxylation is 1. The molecule has 39 heavy (non-hydrogen) atoms. The molecule has 1 fully saturated rings. The van der Waals surface area contributed by atoms with Gasteiger partial charge in [0.1, 0.15) is 37.6 Å². The number of aliphatic carboxylic acids is 1. The van der Waals surface area contributed by atoms with Gasteiger partial charge in [-0.1, -0.05) is 16.9 Å². The van der Waals surface area contributed by atoms with Crippen molar-refractivity contribution in [2.24, 2.45) is 12.2 Å². The number of aromatic nitrogens is 3. The third-order valence-corrected chi connectivity index (χ3v) is 8.75. The quantitative estimate of drug-likeness (QED) is 0.0654. The second-order valence-electron chi connectivity index (χ2n) is 8.30. The molecule has 3 N–H and O–H groups in total. The van der Waals surface area contributed by atoms with Crippen LogP contribution in [-0.4, -0.2) is 63.7 Å². The summed E-state index contributed by atoms with van der Waals surface area (Å²) in [4.78, 5) is 53.1. The molecule has 0 spiro atoms. The van der Waals surface area contributed by atoms with Gasteiger partial charge in [0.05, 0.1) is 22.4 Å². The number of thiazole rings is 2. The van der Waals surface area contributed by atoms with Gasteiger partial charge in [-0.2, -0.15) is 0 Å². The van der Waals surface area contributed by atoms with Crippen molar-refractivity contribution >= 4 is 73.3 Å². The molecule has 2 amide bonds. The van der Waals surface area contributed by atoms with Crippen LogP contribution in [0.2, 0.25) is 0 Å². The first-order valence-corrected chi connectivity index (χ1v) is 13.8. The summed E-state index contributed by atoms with van der Waals surface area (Å²) in [5.74, 6) is -2.87. The van der Waals surface area contributed by atoms with E-state index in [0.29, 0.717) is 22.1 Å². The number of thioether (sulfide) groups is 1. The number of hydrogen-bond donors (Lipinski definition) is 2. The number of β-lactam (4-membered cyclic amide) rings is 1. The first kappa shape index (κ1) is 29.4. The van der Waals surface area contributed by atoms with Gasteiger partial charge in [0.2, 0.25) is 0 Å². The molecule has 198 valence electrons. The Hall–Kier alpha value is -2.63. The Bertz CT molecular complexity index is 1510. The fourth-order valence-corrected chi connectivity index (χ4v) is 6.98. The number of rotatable bonds is 9. The second kappa shape index (κ2) is 12.3. The van der Waals surface area contributed by atoms with Crippen molar-refractivity contribution in [1.82, 2.24) is 20.2 Å². The molecule has 3 aromatic rings. The molecule has 0 aromatic carbocycles. The summed E-state index contributed by atoms with van der Waals surface area (Å²) < 4.78 is 15.9. The van der Waals surface area contributed by atoms with E-state index in [1.807, 2.05) is 30.1 Å². The molecule has 2 atom stereocenters. The number of nitrogens with one attached hydrogen (secondary N) is 1. The van der Waals surface area contributed by atoms with Crippen LogP contribution in [0.25, 0.3) is 10.2 Å². The number of nitrogen functional groups attached to an aromatic ring is 1. The zero-order valence-corrected chi connectivity index (χ0v) is 25.2. The summed E-state index contributed by atoms with van der Waals surface area (Å²) in [6, 6.07) is 0.342. The minimum atomic E-state index is -1.48. The van der Waals surface area contributed by atoms with Crippen molar-refractivity contribution in [2.45, 2.75) is 29.3 Å². The first-order valence-electron chi connectivity index (χ1n) is 11.3. The average Bonchev–Trinajstić information content (AvgIpc) is 3.49. The Morgan fingerprint density at radius 3 is 2.92 bits per heavy atom. The summed E-state index contributed by atoms with van der Waals surface area (Å²) in [5, 5.41) is 20.0. The first-order chi connectivity index (χ1) is 18.3. The van der Waals surface area contributed by atoms with Crippen molar-refractivity contribution in [3.05, 3.63) is 40.1 Å². The Morgan fingerprint density at radius 2 is 2.23 bits per heavy atom. The largest absolute Gasteiger partial charge is 1.00 e. The molecule has 0 unspecified atom stereocenters. The number of carbonyl (C=O) groups excluding carboxylic acids is 3. The van der Waals surface area contributed by atoms with Crippen molar-refractivity contribution in [2.75, 3.05) is 19.0 Å². The predicted molar refractivity (Wildman–Crippen MR) is 135 cm³/mol. The van der Waals surface area contributed by atoms with E-state index in [1.165, 1.54) is 28.5 Å². The van der Waals surface area contributed by atoms with Crippen LogP contribution in [0, 0.1) is 0 Å². The molecule has 0 bridgehead atoms. The van der Waals surface area contributed by atoms with Gasteiger partial charge >= 0.3 is 29.6 Å². The number of pyridine rings is 1. The van der Waals surface area contributed by atoms with Crippen LogP contribution in [0.4, 0.5) is 9.52 Å². The van der Waals surface area contributed by atoms with Crippen LogP contribution in [0.5, 0.6) is 0 Å². The van der Waals surface area contributed by atoms with Crippen LogP contribution in [0.1, 0.15) is 18.5 Å². The summed E-state index contributed by atoms with van der Waals surface area (Å²) >= 11 is 3.69. The Labute approximate surface area is 255 Å². The molecule has 5 rings (SSSR count). The van der Waals surface area contributed by atoms with Gasteiger partial charge in [-0.05, 0) is 12.8 Å². The summed E-state index contributed by atoms with van der Waals surface area (Å²) in [7, 11) is 1.88. The van der Waals surface area contributed by atoms with E-state index in [4.69, 9.17) is 10.6 Å². The predicted octanol–water partition coefficient (Wildman–Crippen LogP) is -2.90. The van der Waals surface area contributed by atoms with Crippen LogP contribution in [0.15, 0.2) is 43.9 Å². The van der Waals surface area contributed by atoms with E-state index < -0.39 is 36.5 Å². The average molecular weight is 601 g/mol. The smallest absolute Gasteiger partial charge is 0.543 e. The number of nitrogens with zero attached hydrogens (tertiary/aromatic N) is 5. The SMILES string of the molecule is C[n+]1ccc2sc(SC3=C(C(=O)[O-])N4C(=O)[C@@H](NC(=O)/C(=N/OCCF)c5csc(N)n5)[C@H]4CC3)nc2c1.[Na+]. The third kappa shape index (κ3) is 5.95. The third-order valence-electron chi connectivity index (χ3n) is 5.83. The van der Waals surface area contributed by atoms with Gasteiger partial charge in [-0.25, -0.2) is 18.9 Å². The van der Waals surface area contributed by atoms with Crippen LogP contribution < -0.4 is 50.3 Å². The number of allylic oxidation sites excluding steroid dienone is 1. The molecule has 3 aromatic heterocycles. The van der Waals surface area contributed by atoms with Crippen LogP contribution in [0.3, 0.4) is 0 Å². The number of anilines is 1. The maximum absolute atomic E-state index is 13.1. The van der Waals surface area contributed by atoms with Gasteiger partial charge in [-0.15, -0.1) is 22.7 Å². The Balaban J connectivity index is 0.00000353. The number of carbonyl (C=O) groups is 3. The zero-order valence-electron chi connectivity index (χ0n) is 20.7. The number of nitrogens with two attached hydrogens (primary N) is 1. The summed E-state index contributed by atoms with van der Waals surface area (Å²) in [5.41, 5.74) is 6.04. The molecule has 17 heteroatoms. The minimum absolute atomic E-state index is 0. The van der Waals surface area contributed by atoms with Crippen LogP contribution >= 0.6 is 34.4 Å². The molecule has 12 nitrogen and oxygen atoms in total. The zero-order chi connectivity index (χ0) is 27.0. The van der Waals surface area contributed by atoms with Gasteiger partial charge < -0.3 is 30.7 Å². The van der Waals surface area contributed by atoms with E-state index >= 15 is 0 Å². The van der Waals surface area contributed by atoms with E-state index in [-0.39, 0.29) is 58.4 Å². The second-order valence-corrected chi connectivity index (χ2v) is 11.6. The van der Waals surface area contributed by atoms with Gasteiger partial charge in [0.25, 0.3) is 11.8 Å². The van der Waals surface area contributed by atoms with Crippen molar-refractivity contribution in [3.8, 4) is 0 Å². The standard InChI is InChI=1S/C22H20FN7O5S3.Na/c1-29-6-4-13-10(8-29)26-22(37-13)38-14-3-2-12-16(19(32)30(12)17(14)20(33)34)27-18(31)15(28-35-7-5-23)11-9-36-21(24)25-11;/h4,6,8-9,12,16H,2-3,5,7H2,1H3,(H3-,24,25,27,31,33,34);/q;+1/b28-15+;/t12-,16+;/m1./s1. The van der Waals surface area contributed by atoms with Gasteiger partial charge in [0.15, 0.2) is 27.6 Å². The Morgan fingerprint density at radius 1 is 1.44 bits per heavy atom. The number of alkyl halides is 1. The maximum atomic E-state index is 13.1. The molecular formula is C22H20FN7NaO5S3+. The number of oxime groups is 1. The van der Waals surface area contributed by atoms with E-state index in [0.717, 1.165) is 26.5 Å². The number of hydrogen-bond acceptors (Lipinski definition) is 12. The number of amides is 2. The molecule has 1 saturated heterocycles. The summed E-state index contributed by atoms with van der Waals surface area (Å²) in [6.07, 6.45) is 4.52. The fraction of sp³-hybridized carbons (Fsp3) is 0.318. The minimum Gasteiger partial charge on any atom is -0.543 e. The number of carboxylic acid groups (broad SMARTS) is 1. The van der Waals surface area contributed by atoms with E-state index in [9.17, 15) is 23.9 Å². The molecule has 0 aliphatic carbocycles. The maximum Gasteiger partial charge on any atom is 1.00 e. The van der Waals surface area contributed by atoms with E-state index in [2.05, 4.69) is 20.4 Å². The molecule has 0 radical (unpaired) electrons. The molecule has 0 saturated carbocycles. The number of carboxylic acids is 1. The molecule has 5 heterocycles. The Kier molecular flexibility index (Phi) is 9.23. The fourth-order valence-electron chi connectivity index (χ4n) is 4.18. The van der Waals surface area contributed by atoms with Crippen molar-refractivity contribution in [1.29, 1.82) is 0 Å². The summed E-state index contributed by atoms with van der Waals surface area (Å²) in [6.45, 7) is -1.19. The number of fused-ring (bicyclic) bond motifs is 2. The van der Waals surface area contributed by atoms with Crippen molar-refractivity contribution in [3.63, 3.8) is 0 Å². The topological polar surface area (TPSA) is 167 Å². The van der Waals surface area contributed by atoms with E-state index in [1.54, 1.807) is 0 Å². The van der Waals surface area contributed by atoms with Crippen molar-refractivity contribution < 1.29 is 62.8 Å². The van der Waals surface area contributed by atoms with Gasteiger partial charge in [0, 0.05) is 16.4 Å². The monoisotopic (exact) mass is 600 g/mol. The molecule has 2 aliphatic rings. The van der Waals surface area contributed by atoms with Gasteiger partial charge in [-0.3, -0.25) is 9.59 Å². The van der Waals surface area contributed by atoms with Crippen LogP contribution in [-0.2, 0) is 26.3 Å². The molecule has 2 aliphatic heterocycles. The number of halogens is 1.